The summed E-state index contributed by atoms with van der Waals surface area (Å²) >= 11 is 4.91. The monoisotopic (exact) mass is 421 g/mol. The van der Waals surface area contributed by atoms with Crippen LogP contribution in [0.5, 0.6) is 0 Å². The van der Waals surface area contributed by atoms with Crippen molar-refractivity contribution in [2.75, 3.05) is 12.3 Å². The van der Waals surface area contributed by atoms with Crippen LogP contribution in [0, 0.1) is 0 Å². The Kier molecular flexibility index (Phi) is 4.21. The molecule has 0 amide bonds. The molecule has 2 aromatic heterocycles. The van der Waals surface area contributed by atoms with E-state index in [4.69, 9.17) is 31.3 Å². The Hall–Kier alpha value is -1.98. The van der Waals surface area contributed by atoms with Gasteiger partial charge in [-0.2, -0.15) is 0 Å². The number of rotatable bonds is 2. The highest BCUT2D eigenvalue weighted by molar-refractivity contribution is 8.07. The van der Waals surface area contributed by atoms with E-state index in [2.05, 4.69) is 15.0 Å². The van der Waals surface area contributed by atoms with E-state index in [1.54, 1.807) is 4.57 Å². The van der Waals surface area contributed by atoms with Gasteiger partial charge in [-0.3, -0.25) is 9.09 Å². The largest absolute Gasteiger partial charge is 0.386 e. The number of fused-ring (bicyclic) bond motifs is 2. The standard InChI is InChI=1S/C16H16N5O5PS/c17-13-10-15(19-7-18-13)21(14(20-10)8-4-2-1-3-5-8)16-11(22)12-9(25-16)6-24-27(23,28)26-12/h1-5,7,9,11-12,16,22H,6H2,(H,23,28)(H2,17,18,19)/t9?,11?,12-,16?,27?/m0/s1. The first-order valence-corrected chi connectivity index (χ1v) is 11.1. The number of hydrogen-bond acceptors (Lipinski definition) is 9. The zero-order valence-corrected chi connectivity index (χ0v) is 16.0. The first-order chi connectivity index (χ1) is 13.4. The molecule has 1 aromatic carbocycles. The predicted molar refractivity (Wildman–Crippen MR) is 102 cm³/mol. The average molecular weight is 421 g/mol. The fraction of sp³-hybridized carbons (Fsp3) is 0.312. The van der Waals surface area contributed by atoms with Gasteiger partial charge in [-0.1, -0.05) is 30.3 Å². The lowest BCUT2D eigenvalue weighted by Gasteiger charge is -2.30. The van der Waals surface area contributed by atoms with Crippen molar-refractivity contribution in [3.8, 4) is 11.4 Å². The van der Waals surface area contributed by atoms with Gasteiger partial charge in [0.2, 0.25) is 0 Å². The zero-order valence-electron chi connectivity index (χ0n) is 14.3. The highest BCUT2D eigenvalue weighted by Crippen LogP contribution is 2.53. The predicted octanol–water partition coefficient (Wildman–Crippen LogP) is 0.966. The van der Waals surface area contributed by atoms with Gasteiger partial charge in [0.1, 0.15) is 30.5 Å². The zero-order chi connectivity index (χ0) is 19.5. The van der Waals surface area contributed by atoms with Gasteiger partial charge in [-0.05, 0) is 11.8 Å². The Morgan fingerprint density at radius 3 is 2.82 bits per heavy atom. The Bertz CT molecular complexity index is 1100. The van der Waals surface area contributed by atoms with Gasteiger partial charge in [0, 0.05) is 5.56 Å². The van der Waals surface area contributed by atoms with Crippen LogP contribution in [-0.2, 0) is 25.6 Å². The van der Waals surface area contributed by atoms with Crippen molar-refractivity contribution in [3.63, 3.8) is 0 Å². The van der Waals surface area contributed by atoms with E-state index in [0.29, 0.717) is 17.0 Å². The van der Waals surface area contributed by atoms with Crippen LogP contribution in [0.3, 0.4) is 0 Å². The summed E-state index contributed by atoms with van der Waals surface area (Å²) in [4.78, 5) is 22.8. The van der Waals surface area contributed by atoms with Crippen molar-refractivity contribution < 1.29 is 23.8 Å². The molecule has 2 fully saturated rings. The molecule has 4 heterocycles. The van der Waals surface area contributed by atoms with Crippen LogP contribution >= 0.6 is 6.72 Å². The Balaban J connectivity index is 1.66. The summed E-state index contributed by atoms with van der Waals surface area (Å²) in [5.74, 6) is 0.728. The number of benzene rings is 1. The van der Waals surface area contributed by atoms with E-state index in [0.717, 1.165) is 5.56 Å². The Labute approximate surface area is 164 Å². The number of imidazole rings is 1. The van der Waals surface area contributed by atoms with Gasteiger partial charge in [0.15, 0.2) is 23.2 Å². The number of hydrogen-bond donors (Lipinski definition) is 3. The molecule has 5 atom stereocenters. The summed E-state index contributed by atoms with van der Waals surface area (Å²) in [6.07, 6.45) is -2.11. The number of aliphatic hydroxyl groups excluding tert-OH is 1. The fourth-order valence-electron chi connectivity index (χ4n) is 3.51. The fourth-order valence-corrected chi connectivity index (χ4v) is 4.95. The van der Waals surface area contributed by atoms with Crippen molar-refractivity contribution in [2.45, 2.75) is 24.5 Å². The van der Waals surface area contributed by atoms with Crippen LogP contribution in [0.4, 0.5) is 5.82 Å². The second kappa shape index (κ2) is 6.53. The van der Waals surface area contributed by atoms with Gasteiger partial charge in [0.05, 0.1) is 6.61 Å². The third-order valence-corrected chi connectivity index (χ3v) is 6.32. The van der Waals surface area contributed by atoms with Crippen molar-refractivity contribution in [1.82, 2.24) is 19.5 Å². The molecule has 4 N–H and O–H groups in total. The molecule has 10 nitrogen and oxygen atoms in total. The number of nitrogens with two attached hydrogens (primary N) is 1. The molecule has 2 aliphatic rings. The third-order valence-electron chi connectivity index (χ3n) is 4.76. The topological polar surface area (TPSA) is 138 Å². The quantitative estimate of drug-likeness (QED) is 0.513. The van der Waals surface area contributed by atoms with Gasteiger partial charge in [-0.15, -0.1) is 0 Å². The Morgan fingerprint density at radius 2 is 2.04 bits per heavy atom. The van der Waals surface area contributed by atoms with Crippen molar-refractivity contribution in [2.24, 2.45) is 0 Å². The van der Waals surface area contributed by atoms with E-state index in [9.17, 15) is 10.00 Å². The average Bonchev–Trinajstić information content (AvgIpc) is 3.21. The lowest BCUT2D eigenvalue weighted by molar-refractivity contribution is -0.0587. The molecule has 5 rings (SSSR count). The maximum absolute atomic E-state index is 10.9. The molecule has 4 unspecified atom stereocenters. The lowest BCUT2D eigenvalue weighted by atomic mass is 10.1. The number of nitrogens with zero attached hydrogens (tertiary/aromatic N) is 4. The minimum atomic E-state index is -3.40. The number of anilines is 1. The van der Waals surface area contributed by atoms with E-state index < -0.39 is 31.3 Å². The maximum atomic E-state index is 10.9. The molecule has 2 aliphatic heterocycles. The van der Waals surface area contributed by atoms with Crippen LogP contribution in [0.1, 0.15) is 6.23 Å². The summed E-state index contributed by atoms with van der Waals surface area (Å²) in [7, 11) is 0. The van der Waals surface area contributed by atoms with E-state index in [1.165, 1.54) is 6.33 Å². The second-order valence-electron chi connectivity index (χ2n) is 6.49. The molecule has 0 bridgehead atoms. The summed E-state index contributed by atoms with van der Waals surface area (Å²) in [5.41, 5.74) is 7.59. The molecule has 12 heteroatoms. The highest BCUT2D eigenvalue weighted by atomic mass is 32.5. The van der Waals surface area contributed by atoms with E-state index in [1.807, 2.05) is 30.3 Å². The third kappa shape index (κ3) is 2.83. The summed E-state index contributed by atoms with van der Waals surface area (Å²) in [6, 6.07) is 9.39. The van der Waals surface area contributed by atoms with Gasteiger partial charge >= 0.3 is 6.72 Å². The van der Waals surface area contributed by atoms with Crippen molar-refractivity contribution in [1.29, 1.82) is 0 Å². The van der Waals surface area contributed by atoms with Crippen LogP contribution in [0.15, 0.2) is 36.7 Å². The molecular weight excluding hydrogens is 405 g/mol. The van der Waals surface area contributed by atoms with Crippen LogP contribution in [0.2, 0.25) is 0 Å². The molecular formula is C16H16N5O5PS. The number of nitrogen functional groups attached to an aromatic ring is 1. The number of aliphatic hydroxyl groups is 1. The maximum Gasteiger partial charge on any atom is 0.325 e. The van der Waals surface area contributed by atoms with Crippen molar-refractivity contribution >= 4 is 35.5 Å². The molecule has 3 aromatic rings. The second-order valence-corrected chi connectivity index (χ2v) is 9.28. The smallest absolute Gasteiger partial charge is 0.325 e. The van der Waals surface area contributed by atoms with Crippen LogP contribution in [-0.4, -0.2) is 54.4 Å². The SMILES string of the molecule is Nc1ncnc2c1nc(-c1ccccc1)n2C1OC2COP(O)(=S)O[C@@H]2C1O. The summed E-state index contributed by atoms with van der Waals surface area (Å²) < 4.78 is 18.3. The molecule has 0 spiro atoms. The first kappa shape index (κ1) is 18.1. The molecule has 0 radical (unpaired) electrons. The van der Waals surface area contributed by atoms with Gasteiger partial charge < -0.3 is 25.0 Å². The summed E-state index contributed by atoms with van der Waals surface area (Å²) in [5, 5.41) is 10.9. The van der Waals surface area contributed by atoms with Gasteiger partial charge in [0.25, 0.3) is 0 Å². The first-order valence-electron chi connectivity index (χ1n) is 8.48. The van der Waals surface area contributed by atoms with Crippen LogP contribution < -0.4 is 5.73 Å². The normalized spacial score (nSPS) is 32.5. The number of ether oxygens (including phenoxy) is 1. The summed E-state index contributed by atoms with van der Waals surface area (Å²) in [6.45, 7) is -3.38. The lowest BCUT2D eigenvalue weighted by Crippen LogP contribution is -2.39. The Morgan fingerprint density at radius 1 is 1.25 bits per heavy atom. The van der Waals surface area contributed by atoms with E-state index in [-0.39, 0.29) is 12.4 Å². The van der Waals surface area contributed by atoms with Crippen LogP contribution in [0.25, 0.3) is 22.6 Å². The molecule has 28 heavy (non-hydrogen) atoms. The van der Waals surface area contributed by atoms with Gasteiger partial charge in [-0.25, -0.2) is 15.0 Å². The minimum Gasteiger partial charge on any atom is -0.386 e. The highest BCUT2D eigenvalue weighted by Gasteiger charge is 2.51. The molecule has 2 saturated heterocycles. The minimum absolute atomic E-state index is 0.0242. The van der Waals surface area contributed by atoms with E-state index >= 15 is 0 Å². The molecule has 146 valence electrons. The van der Waals surface area contributed by atoms with Crippen molar-refractivity contribution in [3.05, 3.63) is 36.7 Å². The molecule has 0 saturated carbocycles. The number of aromatic nitrogens is 4. The molecule has 0 aliphatic carbocycles.